The lowest BCUT2D eigenvalue weighted by Gasteiger charge is -2.27. The molecule has 2 atom stereocenters. The zero-order valence-corrected chi connectivity index (χ0v) is 16.5. The highest BCUT2D eigenvalue weighted by molar-refractivity contribution is 7.13. The van der Waals surface area contributed by atoms with Crippen LogP contribution >= 0.6 is 11.3 Å². The molecular weight excluding hydrogens is 352 g/mol. The van der Waals surface area contributed by atoms with Gasteiger partial charge in [0.05, 0.1) is 0 Å². The number of amides is 1. The molecular formula is C18H24N4O3S. The van der Waals surface area contributed by atoms with Crippen molar-refractivity contribution in [3.05, 3.63) is 29.5 Å². The van der Waals surface area contributed by atoms with Crippen molar-refractivity contribution in [1.29, 1.82) is 0 Å². The number of aromatic nitrogens is 3. The molecule has 0 saturated carbocycles. The van der Waals surface area contributed by atoms with Crippen molar-refractivity contribution in [2.45, 2.75) is 52.7 Å². The second-order valence-electron chi connectivity index (χ2n) is 6.98. The summed E-state index contributed by atoms with van der Waals surface area (Å²) in [4.78, 5) is 37.6. The van der Waals surface area contributed by atoms with Crippen molar-refractivity contribution < 1.29 is 14.3 Å². The molecule has 0 spiro atoms. The molecule has 8 heteroatoms. The summed E-state index contributed by atoms with van der Waals surface area (Å²) in [5, 5.41) is 4.94. The maximum atomic E-state index is 12.6. The van der Waals surface area contributed by atoms with Crippen LogP contribution in [0.25, 0.3) is 10.8 Å². The Kier molecular flexibility index (Phi) is 6.42. The number of carbonyl (C=O) groups excluding carboxylic acids is 2. The van der Waals surface area contributed by atoms with Gasteiger partial charge in [-0.15, -0.1) is 11.3 Å². The molecule has 0 aliphatic carbocycles. The van der Waals surface area contributed by atoms with Crippen LogP contribution in [-0.2, 0) is 9.53 Å². The quantitative estimate of drug-likeness (QED) is 0.779. The van der Waals surface area contributed by atoms with Crippen molar-refractivity contribution in [1.82, 2.24) is 20.3 Å². The average molecular weight is 376 g/mol. The maximum absolute atomic E-state index is 12.6. The molecule has 2 aromatic rings. The fourth-order valence-electron chi connectivity index (χ4n) is 2.14. The Bertz CT molecular complexity index is 755. The number of nitrogens with one attached hydrogen (secondary N) is 1. The van der Waals surface area contributed by atoms with Gasteiger partial charge in [-0.25, -0.2) is 19.7 Å². The molecule has 0 unspecified atom stereocenters. The molecule has 2 heterocycles. The van der Waals surface area contributed by atoms with Gasteiger partial charge >= 0.3 is 5.97 Å². The molecule has 0 aromatic carbocycles. The third-order valence-electron chi connectivity index (χ3n) is 3.65. The molecule has 0 aliphatic rings. The normalized spacial score (nSPS) is 13.7. The number of esters is 1. The number of hydrogen-bond acceptors (Lipinski definition) is 7. The van der Waals surface area contributed by atoms with E-state index in [-0.39, 0.29) is 11.6 Å². The summed E-state index contributed by atoms with van der Waals surface area (Å²) < 4.78 is 5.44. The van der Waals surface area contributed by atoms with Gasteiger partial charge in [0.2, 0.25) is 0 Å². The van der Waals surface area contributed by atoms with Crippen LogP contribution in [0.4, 0.5) is 0 Å². The number of hydrogen-bond donors (Lipinski definition) is 1. The Balaban J connectivity index is 2.14. The van der Waals surface area contributed by atoms with E-state index in [1.807, 2.05) is 13.8 Å². The van der Waals surface area contributed by atoms with Gasteiger partial charge in [-0.3, -0.25) is 4.79 Å². The second kappa shape index (κ2) is 8.35. The van der Waals surface area contributed by atoms with Gasteiger partial charge in [0.15, 0.2) is 10.8 Å². The van der Waals surface area contributed by atoms with Gasteiger partial charge in [0.1, 0.15) is 17.3 Å². The summed E-state index contributed by atoms with van der Waals surface area (Å²) in [5.41, 5.74) is -0.388. The third kappa shape index (κ3) is 5.32. The van der Waals surface area contributed by atoms with Crippen molar-refractivity contribution >= 4 is 23.2 Å². The minimum Gasteiger partial charge on any atom is -0.458 e. The van der Waals surface area contributed by atoms with Crippen molar-refractivity contribution in [3.63, 3.8) is 0 Å². The molecule has 1 amide bonds. The first kappa shape index (κ1) is 20.0. The first-order chi connectivity index (χ1) is 12.2. The molecule has 0 aliphatic heterocycles. The first-order valence-corrected chi connectivity index (χ1v) is 9.36. The van der Waals surface area contributed by atoms with E-state index >= 15 is 0 Å². The summed E-state index contributed by atoms with van der Waals surface area (Å²) in [6.45, 7) is 9.26. The maximum Gasteiger partial charge on any atom is 0.329 e. The lowest BCUT2D eigenvalue weighted by atomic mass is 9.98. The van der Waals surface area contributed by atoms with Gasteiger partial charge in [0, 0.05) is 17.8 Å². The zero-order valence-electron chi connectivity index (χ0n) is 15.6. The summed E-state index contributed by atoms with van der Waals surface area (Å²) in [5.74, 6) is -0.465. The Morgan fingerprint density at radius 3 is 2.50 bits per heavy atom. The van der Waals surface area contributed by atoms with Gasteiger partial charge < -0.3 is 10.1 Å². The van der Waals surface area contributed by atoms with Crippen LogP contribution in [0.3, 0.4) is 0 Å². The predicted octanol–water partition coefficient (Wildman–Crippen LogP) is 3.09. The van der Waals surface area contributed by atoms with Gasteiger partial charge in [0.25, 0.3) is 5.91 Å². The van der Waals surface area contributed by atoms with Gasteiger partial charge in [-0.05, 0) is 32.8 Å². The number of ether oxygens (including phenoxy) is 1. The van der Waals surface area contributed by atoms with E-state index in [9.17, 15) is 9.59 Å². The molecule has 2 rings (SSSR count). The Morgan fingerprint density at radius 1 is 1.27 bits per heavy atom. The molecule has 2 aromatic heterocycles. The van der Waals surface area contributed by atoms with Crippen molar-refractivity contribution in [3.8, 4) is 10.8 Å². The Morgan fingerprint density at radius 2 is 1.92 bits per heavy atom. The second-order valence-corrected chi connectivity index (χ2v) is 7.84. The first-order valence-electron chi connectivity index (χ1n) is 8.48. The highest BCUT2D eigenvalue weighted by atomic mass is 32.1. The highest BCUT2D eigenvalue weighted by Gasteiger charge is 2.31. The number of rotatable bonds is 6. The standard InChI is InChI=1S/C18H24N4O3S/c1-6-11(2)13(17(24)25-18(3,4)5)22-15(23)12-10-26-16(21-12)14-19-8-7-9-20-14/h7-11,13H,6H2,1-5H3,(H,22,23)/t11-,13-/m0/s1. The minimum atomic E-state index is -0.732. The van der Waals surface area contributed by atoms with Gasteiger partial charge in [-0.2, -0.15) is 0 Å². The third-order valence-corrected chi connectivity index (χ3v) is 4.49. The van der Waals surface area contributed by atoms with Crippen LogP contribution in [0.5, 0.6) is 0 Å². The summed E-state index contributed by atoms with van der Waals surface area (Å²) in [6.07, 6.45) is 3.96. The number of carbonyl (C=O) groups is 2. The SMILES string of the molecule is CC[C@H](C)[C@H](NC(=O)c1csc(-c2ncccn2)n1)C(=O)OC(C)(C)C. The molecule has 26 heavy (non-hydrogen) atoms. The van der Waals surface area contributed by atoms with Crippen molar-refractivity contribution in [2.75, 3.05) is 0 Å². The predicted molar refractivity (Wildman–Crippen MR) is 99.7 cm³/mol. The monoisotopic (exact) mass is 376 g/mol. The highest BCUT2D eigenvalue weighted by Crippen LogP contribution is 2.20. The molecule has 0 saturated heterocycles. The smallest absolute Gasteiger partial charge is 0.329 e. The lowest BCUT2D eigenvalue weighted by molar-refractivity contribution is -0.158. The molecule has 0 fully saturated rings. The van der Waals surface area contributed by atoms with Gasteiger partial charge in [-0.1, -0.05) is 20.3 Å². The molecule has 0 bridgehead atoms. The zero-order chi connectivity index (χ0) is 19.3. The molecule has 140 valence electrons. The number of thiazole rings is 1. The van der Waals surface area contributed by atoms with E-state index < -0.39 is 23.5 Å². The summed E-state index contributed by atoms with van der Waals surface area (Å²) in [7, 11) is 0. The number of nitrogens with zero attached hydrogens (tertiary/aromatic N) is 3. The Hall–Kier alpha value is -2.35. The van der Waals surface area contributed by atoms with Crippen LogP contribution < -0.4 is 5.32 Å². The average Bonchev–Trinajstić information content (AvgIpc) is 3.08. The van der Waals surface area contributed by atoms with Crippen LogP contribution in [-0.4, -0.2) is 38.5 Å². The summed E-state index contributed by atoms with van der Waals surface area (Å²) >= 11 is 1.28. The van der Waals surface area contributed by atoms with Crippen LogP contribution in [0.2, 0.25) is 0 Å². The van der Waals surface area contributed by atoms with E-state index in [0.717, 1.165) is 6.42 Å². The minimum absolute atomic E-state index is 0.0654. The van der Waals surface area contributed by atoms with E-state index in [2.05, 4.69) is 20.3 Å². The van der Waals surface area contributed by atoms with Crippen LogP contribution in [0, 0.1) is 5.92 Å². The lowest BCUT2D eigenvalue weighted by Crippen LogP contribution is -2.47. The fourth-order valence-corrected chi connectivity index (χ4v) is 2.88. The van der Waals surface area contributed by atoms with E-state index in [1.54, 1.807) is 44.6 Å². The molecule has 0 radical (unpaired) electrons. The molecule has 7 nitrogen and oxygen atoms in total. The molecule has 1 N–H and O–H groups in total. The largest absolute Gasteiger partial charge is 0.458 e. The van der Waals surface area contributed by atoms with Crippen LogP contribution in [0.1, 0.15) is 51.5 Å². The van der Waals surface area contributed by atoms with E-state index in [4.69, 9.17) is 4.74 Å². The summed E-state index contributed by atoms with van der Waals surface area (Å²) in [6, 6.07) is 0.979. The fraction of sp³-hybridized carbons (Fsp3) is 0.500. The Labute approximate surface area is 157 Å². The van der Waals surface area contributed by atoms with E-state index in [1.165, 1.54) is 11.3 Å². The van der Waals surface area contributed by atoms with Crippen molar-refractivity contribution in [2.24, 2.45) is 5.92 Å². The van der Waals surface area contributed by atoms with E-state index in [0.29, 0.717) is 10.8 Å². The van der Waals surface area contributed by atoms with Crippen LogP contribution in [0.15, 0.2) is 23.8 Å². The topological polar surface area (TPSA) is 94.1 Å².